The second-order valence-corrected chi connectivity index (χ2v) is 4.42. The third kappa shape index (κ3) is 2.46. The molecule has 98 valence electrons. The van der Waals surface area contributed by atoms with Gasteiger partial charge in [0.2, 0.25) is 0 Å². The smallest absolute Gasteiger partial charge is 0.340 e. The van der Waals surface area contributed by atoms with Gasteiger partial charge in [0.1, 0.15) is 0 Å². The number of carbonyl (C=O) groups is 1. The number of methoxy groups -OCH3 is 1. The fourth-order valence-electron chi connectivity index (χ4n) is 2.08. The Morgan fingerprint density at radius 3 is 2.56 bits per heavy atom. The first-order chi connectivity index (χ1) is 8.63. The van der Waals surface area contributed by atoms with Crippen LogP contribution in [0.4, 0.5) is 10.1 Å². The zero-order chi connectivity index (χ0) is 13.1. The van der Waals surface area contributed by atoms with Crippen LogP contribution < -0.4 is 4.90 Å². The lowest BCUT2D eigenvalue weighted by molar-refractivity contribution is 0.0595. The molecule has 4 nitrogen and oxygen atoms in total. The molecule has 0 saturated carbocycles. The summed E-state index contributed by atoms with van der Waals surface area (Å²) < 4.78 is 18.8. The van der Waals surface area contributed by atoms with Gasteiger partial charge in [0.15, 0.2) is 5.82 Å². The Hall–Kier alpha value is -1.62. The predicted octanol–water partition coefficient (Wildman–Crippen LogP) is 1.36. The van der Waals surface area contributed by atoms with Gasteiger partial charge < -0.3 is 14.5 Å². The van der Waals surface area contributed by atoms with Gasteiger partial charge in [0, 0.05) is 26.2 Å². The summed E-state index contributed by atoms with van der Waals surface area (Å²) >= 11 is 0. The molecule has 2 rings (SSSR count). The number of hydrogen-bond acceptors (Lipinski definition) is 4. The van der Waals surface area contributed by atoms with Crippen molar-refractivity contribution < 1.29 is 13.9 Å². The molecule has 0 amide bonds. The number of hydrogen-bond donors (Lipinski definition) is 0. The Morgan fingerprint density at radius 1 is 1.28 bits per heavy atom. The lowest BCUT2D eigenvalue weighted by atomic mass is 10.1. The Labute approximate surface area is 106 Å². The van der Waals surface area contributed by atoms with E-state index in [2.05, 4.69) is 9.64 Å². The molecule has 1 fully saturated rings. The van der Waals surface area contributed by atoms with Crippen LogP contribution in [0.1, 0.15) is 10.4 Å². The Morgan fingerprint density at radius 2 is 1.94 bits per heavy atom. The summed E-state index contributed by atoms with van der Waals surface area (Å²) in [6.07, 6.45) is 0. The number of nitrogens with zero attached hydrogens (tertiary/aromatic N) is 2. The predicted molar refractivity (Wildman–Crippen MR) is 67.4 cm³/mol. The van der Waals surface area contributed by atoms with Crippen LogP contribution in [0.3, 0.4) is 0 Å². The van der Waals surface area contributed by atoms with Crippen molar-refractivity contribution in [2.45, 2.75) is 0 Å². The number of ether oxygens (including phenoxy) is 1. The molecule has 1 saturated heterocycles. The summed E-state index contributed by atoms with van der Waals surface area (Å²) in [5, 5.41) is 0. The third-order valence-corrected chi connectivity index (χ3v) is 3.23. The molecule has 0 atom stereocenters. The number of anilines is 1. The monoisotopic (exact) mass is 252 g/mol. The van der Waals surface area contributed by atoms with Crippen molar-refractivity contribution in [1.29, 1.82) is 0 Å². The van der Waals surface area contributed by atoms with E-state index in [1.807, 2.05) is 11.9 Å². The topological polar surface area (TPSA) is 32.8 Å². The third-order valence-electron chi connectivity index (χ3n) is 3.23. The summed E-state index contributed by atoms with van der Waals surface area (Å²) in [5.41, 5.74) is 0.472. The molecule has 0 radical (unpaired) electrons. The van der Waals surface area contributed by atoms with E-state index in [-0.39, 0.29) is 5.56 Å². The van der Waals surface area contributed by atoms with Gasteiger partial charge in [-0.2, -0.15) is 0 Å². The minimum absolute atomic E-state index is 0.00562. The first kappa shape index (κ1) is 12.8. The number of benzene rings is 1. The number of carbonyl (C=O) groups excluding carboxylic acids is 1. The molecule has 0 unspecified atom stereocenters. The maximum atomic E-state index is 14.2. The quantitative estimate of drug-likeness (QED) is 0.744. The average Bonchev–Trinajstić information content (AvgIpc) is 2.39. The van der Waals surface area contributed by atoms with E-state index in [1.54, 1.807) is 12.1 Å². The normalized spacial score (nSPS) is 16.7. The molecule has 0 aromatic heterocycles. The fourth-order valence-corrected chi connectivity index (χ4v) is 2.08. The van der Waals surface area contributed by atoms with Crippen LogP contribution in [0.25, 0.3) is 0 Å². The van der Waals surface area contributed by atoms with Crippen molar-refractivity contribution in [3.63, 3.8) is 0 Å². The van der Waals surface area contributed by atoms with E-state index in [4.69, 9.17) is 0 Å². The van der Waals surface area contributed by atoms with E-state index < -0.39 is 11.8 Å². The van der Waals surface area contributed by atoms with E-state index >= 15 is 0 Å². The van der Waals surface area contributed by atoms with Crippen LogP contribution in [-0.4, -0.2) is 51.2 Å². The zero-order valence-electron chi connectivity index (χ0n) is 10.6. The molecule has 1 aliphatic rings. The minimum atomic E-state index is -0.636. The van der Waals surface area contributed by atoms with Crippen LogP contribution >= 0.6 is 0 Å². The highest BCUT2D eigenvalue weighted by Gasteiger charge is 2.21. The first-order valence-corrected chi connectivity index (χ1v) is 5.94. The van der Waals surface area contributed by atoms with Crippen LogP contribution in [0.2, 0.25) is 0 Å². The minimum Gasteiger partial charge on any atom is -0.465 e. The first-order valence-electron chi connectivity index (χ1n) is 5.94. The summed E-state index contributed by atoms with van der Waals surface area (Å²) in [6.45, 7) is 3.31. The zero-order valence-corrected chi connectivity index (χ0v) is 10.6. The second kappa shape index (κ2) is 5.35. The van der Waals surface area contributed by atoms with Crippen molar-refractivity contribution in [2.24, 2.45) is 0 Å². The molecule has 0 spiro atoms. The highest BCUT2D eigenvalue weighted by Crippen LogP contribution is 2.23. The standard InChI is InChI=1S/C13H17FN2O2/c1-15-6-8-16(9-7-15)11-5-3-4-10(12(11)14)13(17)18-2/h3-5H,6-9H2,1-2H3. The fraction of sp³-hybridized carbons (Fsp3) is 0.462. The van der Waals surface area contributed by atoms with E-state index in [1.165, 1.54) is 13.2 Å². The van der Waals surface area contributed by atoms with E-state index in [0.717, 1.165) is 26.2 Å². The molecular formula is C13H17FN2O2. The van der Waals surface area contributed by atoms with Gasteiger partial charge in [0.05, 0.1) is 18.4 Å². The molecular weight excluding hydrogens is 235 g/mol. The van der Waals surface area contributed by atoms with Gasteiger partial charge in [-0.25, -0.2) is 9.18 Å². The van der Waals surface area contributed by atoms with Crippen LogP contribution in [0.15, 0.2) is 18.2 Å². The van der Waals surface area contributed by atoms with Crippen molar-refractivity contribution in [2.75, 3.05) is 45.2 Å². The highest BCUT2D eigenvalue weighted by molar-refractivity contribution is 5.91. The maximum absolute atomic E-state index is 14.2. The number of halogens is 1. The maximum Gasteiger partial charge on any atom is 0.340 e. The van der Waals surface area contributed by atoms with Gasteiger partial charge in [-0.05, 0) is 19.2 Å². The number of rotatable bonds is 2. The van der Waals surface area contributed by atoms with Crippen LogP contribution in [-0.2, 0) is 4.74 Å². The van der Waals surface area contributed by atoms with Crippen molar-refractivity contribution in [1.82, 2.24) is 4.90 Å². The van der Waals surface area contributed by atoms with E-state index in [9.17, 15) is 9.18 Å². The lowest BCUT2D eigenvalue weighted by Crippen LogP contribution is -2.44. The summed E-state index contributed by atoms with van der Waals surface area (Å²) in [6, 6.07) is 4.83. The molecule has 0 N–H and O–H groups in total. The molecule has 1 heterocycles. The molecule has 0 aliphatic carbocycles. The molecule has 0 bridgehead atoms. The van der Waals surface area contributed by atoms with Crippen LogP contribution in [0.5, 0.6) is 0 Å². The van der Waals surface area contributed by atoms with Gasteiger partial charge in [0.25, 0.3) is 0 Å². The molecule has 5 heteroatoms. The van der Waals surface area contributed by atoms with Gasteiger partial charge in [-0.3, -0.25) is 0 Å². The molecule has 1 aliphatic heterocycles. The Kier molecular flexibility index (Phi) is 3.81. The average molecular weight is 252 g/mol. The number of likely N-dealkylation sites (N-methyl/N-ethyl adjacent to an activating group) is 1. The summed E-state index contributed by atoms with van der Waals surface area (Å²) in [4.78, 5) is 15.6. The molecule has 1 aromatic rings. The van der Waals surface area contributed by atoms with Gasteiger partial charge in [-0.15, -0.1) is 0 Å². The Balaban J connectivity index is 2.26. The SMILES string of the molecule is COC(=O)c1cccc(N2CCN(C)CC2)c1F. The van der Waals surface area contributed by atoms with Gasteiger partial charge in [-0.1, -0.05) is 6.07 Å². The lowest BCUT2D eigenvalue weighted by Gasteiger charge is -2.34. The van der Waals surface area contributed by atoms with Crippen molar-refractivity contribution in [3.05, 3.63) is 29.6 Å². The van der Waals surface area contributed by atoms with E-state index in [0.29, 0.717) is 5.69 Å². The Bertz CT molecular complexity index is 443. The molecule has 18 heavy (non-hydrogen) atoms. The number of piperazine rings is 1. The summed E-state index contributed by atoms with van der Waals surface area (Å²) in [7, 11) is 3.29. The summed E-state index contributed by atoms with van der Waals surface area (Å²) in [5.74, 6) is -1.13. The highest BCUT2D eigenvalue weighted by atomic mass is 19.1. The van der Waals surface area contributed by atoms with Crippen LogP contribution in [0, 0.1) is 5.82 Å². The number of esters is 1. The van der Waals surface area contributed by atoms with Gasteiger partial charge >= 0.3 is 5.97 Å². The van der Waals surface area contributed by atoms with Crippen molar-refractivity contribution >= 4 is 11.7 Å². The second-order valence-electron chi connectivity index (χ2n) is 4.42. The molecule has 1 aromatic carbocycles. The van der Waals surface area contributed by atoms with Crippen molar-refractivity contribution in [3.8, 4) is 0 Å². The largest absolute Gasteiger partial charge is 0.465 e.